The summed E-state index contributed by atoms with van der Waals surface area (Å²) in [6, 6.07) is 10.7. The zero-order valence-electron chi connectivity index (χ0n) is 11.6. The molecule has 2 heterocycles. The maximum Gasteiger partial charge on any atom is 0.573 e. The van der Waals surface area contributed by atoms with Crippen LogP contribution < -0.4 is 15.8 Å². The Labute approximate surface area is 128 Å². The van der Waals surface area contributed by atoms with E-state index in [1.165, 1.54) is 18.2 Å². The number of alkyl halides is 3. The molecule has 0 aliphatic rings. The largest absolute Gasteiger partial charge is 0.573 e. The Morgan fingerprint density at radius 2 is 1.91 bits per heavy atom. The van der Waals surface area contributed by atoms with Crippen LogP contribution in [-0.2, 0) is 0 Å². The molecule has 2 aromatic heterocycles. The number of nitrogen functional groups attached to an aromatic ring is 1. The van der Waals surface area contributed by atoms with E-state index in [1.807, 2.05) is 0 Å². The standard InChI is InChI=1S/C15H11F3N4O/c16-15(17,18)23-10-5-4-9-6-7-20-14(11(9)8-10)22-13-3-1-2-12(19)21-13/h1-8H,(H3,19,20,21,22). The fourth-order valence-electron chi connectivity index (χ4n) is 2.09. The highest BCUT2D eigenvalue weighted by Crippen LogP contribution is 2.30. The predicted octanol–water partition coefficient (Wildman–Crippen LogP) is 3.85. The number of ether oxygens (including phenoxy) is 1. The van der Waals surface area contributed by atoms with Gasteiger partial charge in [0.05, 0.1) is 0 Å². The second kappa shape index (κ2) is 5.64. The number of fused-ring (bicyclic) bond motifs is 1. The number of pyridine rings is 2. The van der Waals surface area contributed by atoms with Crippen molar-refractivity contribution in [3.8, 4) is 5.75 Å². The van der Waals surface area contributed by atoms with Crippen LogP contribution in [0.2, 0.25) is 0 Å². The molecule has 0 bridgehead atoms. The van der Waals surface area contributed by atoms with Crippen molar-refractivity contribution in [2.24, 2.45) is 0 Å². The van der Waals surface area contributed by atoms with Crippen LogP contribution in [0, 0.1) is 0 Å². The van der Waals surface area contributed by atoms with E-state index in [1.54, 1.807) is 30.5 Å². The topological polar surface area (TPSA) is 73.1 Å². The molecule has 3 N–H and O–H groups in total. The van der Waals surface area contributed by atoms with Crippen LogP contribution in [0.4, 0.5) is 30.6 Å². The lowest BCUT2D eigenvalue weighted by Gasteiger charge is -2.12. The summed E-state index contributed by atoms with van der Waals surface area (Å²) in [6.07, 6.45) is -3.21. The predicted molar refractivity (Wildman–Crippen MR) is 80.4 cm³/mol. The number of benzene rings is 1. The summed E-state index contributed by atoms with van der Waals surface area (Å²) in [5.41, 5.74) is 5.60. The SMILES string of the molecule is Nc1cccc(Nc2nccc3ccc(OC(F)(F)F)cc23)n1. The summed E-state index contributed by atoms with van der Waals surface area (Å²) in [7, 11) is 0. The number of rotatable bonds is 3. The molecule has 3 aromatic rings. The number of nitrogens with one attached hydrogen (secondary N) is 1. The summed E-state index contributed by atoms with van der Waals surface area (Å²) >= 11 is 0. The van der Waals surface area contributed by atoms with Crippen LogP contribution in [0.3, 0.4) is 0 Å². The molecule has 0 amide bonds. The molecule has 118 valence electrons. The first-order valence-electron chi connectivity index (χ1n) is 6.55. The third-order valence-electron chi connectivity index (χ3n) is 2.99. The molecule has 1 aromatic carbocycles. The number of hydrogen-bond acceptors (Lipinski definition) is 5. The minimum absolute atomic E-state index is 0.316. The van der Waals surface area contributed by atoms with Crippen LogP contribution in [0.1, 0.15) is 0 Å². The molecule has 23 heavy (non-hydrogen) atoms. The zero-order chi connectivity index (χ0) is 16.4. The normalized spacial score (nSPS) is 11.4. The van der Waals surface area contributed by atoms with Crippen molar-refractivity contribution < 1.29 is 17.9 Å². The van der Waals surface area contributed by atoms with Crippen molar-refractivity contribution in [3.63, 3.8) is 0 Å². The monoisotopic (exact) mass is 320 g/mol. The quantitative estimate of drug-likeness (QED) is 0.767. The van der Waals surface area contributed by atoms with Crippen molar-refractivity contribution in [1.29, 1.82) is 0 Å². The first-order chi connectivity index (χ1) is 10.9. The summed E-state index contributed by atoms with van der Waals surface area (Å²) in [5.74, 6) is 0.790. The van der Waals surface area contributed by atoms with Crippen molar-refractivity contribution in [1.82, 2.24) is 9.97 Å². The highest BCUT2D eigenvalue weighted by Gasteiger charge is 2.31. The molecule has 5 nitrogen and oxygen atoms in total. The maximum absolute atomic E-state index is 12.4. The lowest BCUT2D eigenvalue weighted by molar-refractivity contribution is -0.274. The van der Waals surface area contributed by atoms with E-state index in [9.17, 15) is 13.2 Å². The van der Waals surface area contributed by atoms with E-state index >= 15 is 0 Å². The first kappa shape index (κ1) is 14.9. The molecule has 3 rings (SSSR count). The highest BCUT2D eigenvalue weighted by molar-refractivity contribution is 5.94. The van der Waals surface area contributed by atoms with Gasteiger partial charge in [-0.1, -0.05) is 12.1 Å². The van der Waals surface area contributed by atoms with Gasteiger partial charge >= 0.3 is 6.36 Å². The van der Waals surface area contributed by atoms with Gasteiger partial charge in [-0.15, -0.1) is 13.2 Å². The Hall–Kier alpha value is -3.03. The van der Waals surface area contributed by atoms with Gasteiger partial charge in [-0.25, -0.2) is 9.97 Å². The molecule has 0 aliphatic carbocycles. The average Bonchev–Trinajstić information content (AvgIpc) is 2.46. The molecule has 0 aliphatic heterocycles. The number of hydrogen-bond donors (Lipinski definition) is 2. The number of nitrogens with two attached hydrogens (primary N) is 1. The van der Waals surface area contributed by atoms with Crippen molar-refractivity contribution in [3.05, 3.63) is 48.7 Å². The van der Waals surface area contributed by atoms with Crippen molar-refractivity contribution >= 4 is 28.2 Å². The van der Waals surface area contributed by atoms with Crippen LogP contribution in [0.15, 0.2) is 48.7 Å². The fourth-order valence-corrected chi connectivity index (χ4v) is 2.09. The van der Waals surface area contributed by atoms with E-state index < -0.39 is 6.36 Å². The Morgan fingerprint density at radius 3 is 2.65 bits per heavy atom. The van der Waals surface area contributed by atoms with Crippen molar-refractivity contribution in [2.45, 2.75) is 6.36 Å². The Morgan fingerprint density at radius 1 is 1.09 bits per heavy atom. The van der Waals surface area contributed by atoms with E-state index in [2.05, 4.69) is 20.0 Å². The lowest BCUT2D eigenvalue weighted by Crippen LogP contribution is -2.17. The third-order valence-corrected chi connectivity index (χ3v) is 2.99. The molecule has 0 saturated carbocycles. The molecule has 0 saturated heterocycles. The smallest absolute Gasteiger partial charge is 0.406 e. The van der Waals surface area contributed by atoms with Crippen molar-refractivity contribution in [2.75, 3.05) is 11.1 Å². The van der Waals surface area contributed by atoms with E-state index in [0.717, 1.165) is 0 Å². The summed E-state index contributed by atoms with van der Waals surface area (Å²) in [5, 5.41) is 4.12. The Bertz CT molecular complexity index is 851. The highest BCUT2D eigenvalue weighted by atomic mass is 19.4. The van der Waals surface area contributed by atoms with Crippen LogP contribution in [0.25, 0.3) is 10.8 Å². The molecule has 0 unspecified atom stereocenters. The van der Waals surface area contributed by atoms with Gasteiger partial charge in [-0.3, -0.25) is 0 Å². The van der Waals surface area contributed by atoms with Gasteiger partial charge in [0, 0.05) is 11.6 Å². The van der Waals surface area contributed by atoms with Gasteiger partial charge in [0.25, 0.3) is 0 Å². The van der Waals surface area contributed by atoms with Crippen LogP contribution >= 0.6 is 0 Å². The lowest BCUT2D eigenvalue weighted by atomic mass is 10.1. The number of halogens is 3. The average molecular weight is 320 g/mol. The number of anilines is 3. The summed E-state index contributed by atoms with van der Waals surface area (Å²) in [6.45, 7) is 0. The van der Waals surface area contributed by atoms with Crippen LogP contribution in [-0.4, -0.2) is 16.3 Å². The maximum atomic E-state index is 12.4. The second-order valence-electron chi connectivity index (χ2n) is 4.66. The zero-order valence-corrected chi connectivity index (χ0v) is 11.6. The van der Waals surface area contributed by atoms with Gasteiger partial charge in [0.15, 0.2) is 0 Å². The summed E-state index contributed by atoms with van der Waals surface area (Å²) in [4.78, 5) is 8.21. The third kappa shape index (κ3) is 3.60. The Balaban J connectivity index is 2.00. The minimum atomic E-state index is -4.75. The number of aromatic nitrogens is 2. The molecule has 0 radical (unpaired) electrons. The van der Waals surface area contributed by atoms with Gasteiger partial charge < -0.3 is 15.8 Å². The molecule has 0 spiro atoms. The second-order valence-corrected chi connectivity index (χ2v) is 4.66. The van der Waals surface area contributed by atoms with Crippen LogP contribution in [0.5, 0.6) is 5.75 Å². The molecular formula is C15H11F3N4O. The van der Waals surface area contributed by atoms with Gasteiger partial charge in [-0.2, -0.15) is 0 Å². The van der Waals surface area contributed by atoms with Gasteiger partial charge in [0.2, 0.25) is 0 Å². The van der Waals surface area contributed by atoms with E-state index in [-0.39, 0.29) is 5.75 Å². The Kier molecular flexibility index (Phi) is 3.65. The molecule has 0 fully saturated rings. The number of nitrogens with zero attached hydrogens (tertiary/aromatic N) is 2. The van der Waals surface area contributed by atoms with Gasteiger partial charge in [0.1, 0.15) is 23.2 Å². The fraction of sp³-hybridized carbons (Fsp3) is 0.0667. The first-order valence-corrected chi connectivity index (χ1v) is 6.55. The molecular weight excluding hydrogens is 309 g/mol. The van der Waals surface area contributed by atoms with Gasteiger partial charge in [-0.05, 0) is 35.7 Å². The van der Waals surface area contributed by atoms with E-state index in [0.29, 0.717) is 28.2 Å². The van der Waals surface area contributed by atoms with E-state index in [4.69, 9.17) is 5.73 Å². The molecule has 8 heteroatoms. The summed E-state index contributed by atoms with van der Waals surface area (Å²) < 4.78 is 41.0. The minimum Gasteiger partial charge on any atom is -0.406 e. The molecule has 0 atom stereocenters.